The molecule has 0 heterocycles. The Morgan fingerprint density at radius 1 is 1.03 bits per heavy atom. The van der Waals surface area contributed by atoms with Gasteiger partial charge in [0.2, 0.25) is 5.91 Å². The second-order valence-electron chi connectivity index (χ2n) is 7.77. The van der Waals surface area contributed by atoms with Crippen LogP contribution >= 0.6 is 0 Å². The smallest absolute Gasteiger partial charge is 0.255 e. The Balaban J connectivity index is 1.99. The summed E-state index contributed by atoms with van der Waals surface area (Å²) in [4.78, 5) is 35.2. The van der Waals surface area contributed by atoms with Crippen LogP contribution in [0.5, 0.6) is 11.5 Å². The van der Waals surface area contributed by atoms with Gasteiger partial charge in [-0.25, -0.2) is 0 Å². The molecule has 0 aliphatic carbocycles. The predicted octanol–water partition coefficient (Wildman–Crippen LogP) is 2.74. The summed E-state index contributed by atoms with van der Waals surface area (Å²) in [5.41, 5.74) is 6.52. The van der Waals surface area contributed by atoms with Crippen LogP contribution in [0.25, 0.3) is 6.08 Å². The van der Waals surface area contributed by atoms with Gasteiger partial charge in [0, 0.05) is 22.9 Å². The molecule has 8 heteroatoms. The van der Waals surface area contributed by atoms with Crippen LogP contribution in [0.4, 0.5) is 5.69 Å². The van der Waals surface area contributed by atoms with Crippen LogP contribution in [0.1, 0.15) is 36.7 Å². The normalized spacial score (nSPS) is 11.1. The van der Waals surface area contributed by atoms with Gasteiger partial charge >= 0.3 is 0 Å². The lowest BCUT2D eigenvalue weighted by atomic mass is 10.1. The molecule has 0 aliphatic rings. The second kappa shape index (κ2) is 10.3. The zero-order valence-corrected chi connectivity index (χ0v) is 18.0. The summed E-state index contributed by atoms with van der Waals surface area (Å²) in [6.45, 7) is 5.46. The first-order valence-electron chi connectivity index (χ1n) is 9.58. The van der Waals surface area contributed by atoms with E-state index < -0.39 is 5.91 Å². The first-order chi connectivity index (χ1) is 14.6. The van der Waals surface area contributed by atoms with Gasteiger partial charge in [0.1, 0.15) is 0 Å². The summed E-state index contributed by atoms with van der Waals surface area (Å²) in [6, 6.07) is 11.6. The van der Waals surface area contributed by atoms with E-state index >= 15 is 0 Å². The SMILES string of the molecule is COc1cc(/C=C/C(=O)Nc2ccc(C(=O)NC(C)(C)C)cc2)ccc1OCC(N)=O. The minimum Gasteiger partial charge on any atom is -0.493 e. The second-order valence-corrected chi connectivity index (χ2v) is 7.77. The lowest BCUT2D eigenvalue weighted by Crippen LogP contribution is -2.40. The van der Waals surface area contributed by atoms with Crippen molar-refractivity contribution in [3.8, 4) is 11.5 Å². The third-order valence-corrected chi connectivity index (χ3v) is 3.89. The van der Waals surface area contributed by atoms with E-state index in [0.717, 1.165) is 0 Å². The predicted molar refractivity (Wildman–Crippen MR) is 119 cm³/mol. The van der Waals surface area contributed by atoms with Gasteiger partial charge in [-0.1, -0.05) is 6.07 Å². The zero-order valence-electron chi connectivity index (χ0n) is 18.0. The van der Waals surface area contributed by atoms with Crippen molar-refractivity contribution in [3.63, 3.8) is 0 Å². The molecule has 0 saturated carbocycles. The van der Waals surface area contributed by atoms with Crippen molar-refractivity contribution in [1.82, 2.24) is 5.32 Å². The molecule has 164 valence electrons. The Bertz CT molecular complexity index is 976. The molecule has 2 rings (SSSR count). The molecule has 31 heavy (non-hydrogen) atoms. The van der Waals surface area contributed by atoms with E-state index in [4.69, 9.17) is 15.2 Å². The molecule has 0 unspecified atom stereocenters. The number of primary amides is 1. The fraction of sp³-hybridized carbons (Fsp3) is 0.261. The number of hydrogen-bond acceptors (Lipinski definition) is 5. The zero-order chi connectivity index (χ0) is 23.0. The number of carbonyl (C=O) groups excluding carboxylic acids is 3. The van der Waals surface area contributed by atoms with Gasteiger partial charge in [-0.2, -0.15) is 0 Å². The molecule has 4 N–H and O–H groups in total. The fourth-order valence-corrected chi connectivity index (χ4v) is 2.53. The van der Waals surface area contributed by atoms with E-state index in [1.54, 1.807) is 48.5 Å². The molecule has 0 aromatic heterocycles. The van der Waals surface area contributed by atoms with E-state index in [2.05, 4.69) is 10.6 Å². The van der Waals surface area contributed by atoms with Crippen molar-refractivity contribution < 1.29 is 23.9 Å². The third-order valence-electron chi connectivity index (χ3n) is 3.89. The van der Waals surface area contributed by atoms with Crippen LogP contribution in [0.15, 0.2) is 48.5 Å². The molecule has 0 saturated heterocycles. The highest BCUT2D eigenvalue weighted by atomic mass is 16.5. The molecule has 3 amide bonds. The summed E-state index contributed by atoms with van der Waals surface area (Å²) in [5, 5.41) is 5.62. The van der Waals surface area contributed by atoms with Gasteiger partial charge in [-0.15, -0.1) is 0 Å². The standard InChI is InChI=1S/C23H27N3O5/c1-23(2,3)26-22(29)16-7-9-17(10-8-16)25-21(28)12-6-15-5-11-18(19(13-15)30-4)31-14-20(24)27/h5-13H,14H2,1-4H3,(H2,24,27)(H,25,28)(H,26,29)/b12-6+. The number of benzene rings is 2. The maximum absolute atomic E-state index is 12.2. The average Bonchev–Trinajstić information content (AvgIpc) is 2.70. The molecule has 0 aliphatic heterocycles. The molecule has 0 atom stereocenters. The van der Waals surface area contributed by atoms with E-state index in [9.17, 15) is 14.4 Å². The summed E-state index contributed by atoms with van der Waals surface area (Å²) >= 11 is 0. The quantitative estimate of drug-likeness (QED) is 0.562. The highest BCUT2D eigenvalue weighted by Crippen LogP contribution is 2.28. The molecular weight excluding hydrogens is 398 g/mol. The Labute approximate surface area is 181 Å². The number of nitrogens with two attached hydrogens (primary N) is 1. The Morgan fingerprint density at radius 2 is 1.71 bits per heavy atom. The largest absolute Gasteiger partial charge is 0.493 e. The number of methoxy groups -OCH3 is 1. The average molecular weight is 425 g/mol. The van der Waals surface area contributed by atoms with Crippen LogP contribution in [0, 0.1) is 0 Å². The van der Waals surface area contributed by atoms with E-state index in [1.165, 1.54) is 13.2 Å². The molecule has 0 spiro atoms. The monoisotopic (exact) mass is 425 g/mol. The number of ether oxygens (including phenoxy) is 2. The van der Waals surface area contributed by atoms with Crippen molar-refractivity contribution in [2.24, 2.45) is 5.73 Å². The van der Waals surface area contributed by atoms with Gasteiger partial charge in [0.25, 0.3) is 11.8 Å². The van der Waals surface area contributed by atoms with Crippen molar-refractivity contribution in [3.05, 3.63) is 59.7 Å². The first-order valence-corrected chi connectivity index (χ1v) is 9.58. The number of anilines is 1. The van der Waals surface area contributed by atoms with Crippen molar-refractivity contribution in [2.45, 2.75) is 26.3 Å². The molecule has 2 aromatic rings. The Hall–Kier alpha value is -3.81. The van der Waals surface area contributed by atoms with Gasteiger partial charge in [0.15, 0.2) is 18.1 Å². The molecule has 2 aromatic carbocycles. The van der Waals surface area contributed by atoms with Crippen LogP contribution in [-0.2, 0) is 9.59 Å². The molecular formula is C23H27N3O5. The van der Waals surface area contributed by atoms with Crippen LogP contribution in [0.2, 0.25) is 0 Å². The summed E-state index contributed by atoms with van der Waals surface area (Å²) in [5.74, 6) is -0.320. The van der Waals surface area contributed by atoms with Gasteiger partial charge < -0.3 is 25.8 Å². The lowest BCUT2D eigenvalue weighted by Gasteiger charge is -2.20. The number of amides is 3. The summed E-state index contributed by atoms with van der Waals surface area (Å²) in [7, 11) is 1.47. The minimum absolute atomic E-state index is 0.178. The van der Waals surface area contributed by atoms with Gasteiger partial charge in [-0.05, 0) is 68.8 Å². The maximum atomic E-state index is 12.2. The Kier molecular flexibility index (Phi) is 7.79. The molecule has 0 bridgehead atoms. The third kappa shape index (κ3) is 7.85. The fourth-order valence-electron chi connectivity index (χ4n) is 2.53. The topological polar surface area (TPSA) is 120 Å². The van der Waals surface area contributed by atoms with Crippen molar-refractivity contribution >= 4 is 29.5 Å². The summed E-state index contributed by atoms with van der Waals surface area (Å²) < 4.78 is 10.5. The van der Waals surface area contributed by atoms with Gasteiger partial charge in [0.05, 0.1) is 7.11 Å². The number of hydrogen-bond donors (Lipinski definition) is 3. The van der Waals surface area contributed by atoms with Crippen molar-refractivity contribution in [1.29, 1.82) is 0 Å². The van der Waals surface area contributed by atoms with E-state index in [-0.39, 0.29) is 24.0 Å². The maximum Gasteiger partial charge on any atom is 0.255 e. The van der Waals surface area contributed by atoms with Crippen molar-refractivity contribution in [2.75, 3.05) is 19.0 Å². The molecule has 8 nitrogen and oxygen atoms in total. The van der Waals surface area contributed by atoms with Crippen LogP contribution < -0.4 is 25.8 Å². The minimum atomic E-state index is -0.592. The number of rotatable bonds is 8. The van der Waals surface area contributed by atoms with Crippen LogP contribution in [-0.4, -0.2) is 37.0 Å². The Morgan fingerprint density at radius 3 is 2.29 bits per heavy atom. The number of nitrogens with one attached hydrogen (secondary N) is 2. The van der Waals surface area contributed by atoms with E-state index in [1.807, 2.05) is 20.8 Å². The van der Waals surface area contributed by atoms with Crippen LogP contribution in [0.3, 0.4) is 0 Å². The summed E-state index contributed by atoms with van der Waals surface area (Å²) in [6.07, 6.45) is 2.99. The first kappa shape index (κ1) is 23.5. The lowest BCUT2D eigenvalue weighted by molar-refractivity contribution is -0.120. The molecule has 0 fully saturated rings. The highest BCUT2D eigenvalue weighted by molar-refractivity contribution is 6.02. The number of carbonyl (C=O) groups is 3. The van der Waals surface area contributed by atoms with Gasteiger partial charge in [-0.3, -0.25) is 14.4 Å². The highest BCUT2D eigenvalue weighted by Gasteiger charge is 2.15. The van der Waals surface area contributed by atoms with E-state index in [0.29, 0.717) is 28.3 Å². The molecule has 0 radical (unpaired) electrons.